The number of hydrogen-bond acceptors (Lipinski definition) is 4. The van der Waals surface area contributed by atoms with Gasteiger partial charge in [0.1, 0.15) is 5.82 Å². The third-order valence-corrected chi connectivity index (χ3v) is 2.84. The first kappa shape index (κ1) is 14.5. The molecule has 21 heavy (non-hydrogen) atoms. The van der Waals surface area contributed by atoms with Crippen LogP contribution in [0.2, 0.25) is 0 Å². The summed E-state index contributed by atoms with van der Waals surface area (Å²) in [5, 5.41) is 2.46. The van der Waals surface area contributed by atoms with Crippen LogP contribution in [-0.2, 0) is 4.74 Å². The molecule has 0 aromatic heterocycles. The Morgan fingerprint density at radius 3 is 2.52 bits per heavy atom. The number of esters is 1. The number of carbonyl (C=O) groups excluding carboxylic acids is 2. The highest BCUT2D eigenvalue weighted by Gasteiger charge is 2.16. The van der Waals surface area contributed by atoms with Crippen LogP contribution in [0, 0.1) is 5.82 Å². The molecule has 0 aliphatic rings. The number of nitrogen functional groups attached to an aromatic ring is 1. The monoisotopic (exact) mass is 288 g/mol. The van der Waals surface area contributed by atoms with Gasteiger partial charge in [-0.05, 0) is 30.3 Å². The lowest BCUT2D eigenvalue weighted by molar-refractivity contribution is 0.0602. The molecule has 0 saturated carbocycles. The van der Waals surface area contributed by atoms with Crippen molar-refractivity contribution < 1.29 is 18.7 Å². The van der Waals surface area contributed by atoms with Crippen LogP contribution in [0.25, 0.3) is 0 Å². The normalized spacial score (nSPS) is 10.0. The van der Waals surface area contributed by atoms with Crippen molar-refractivity contribution in [3.63, 3.8) is 0 Å². The van der Waals surface area contributed by atoms with Crippen molar-refractivity contribution >= 4 is 23.3 Å². The van der Waals surface area contributed by atoms with Crippen LogP contribution in [0.1, 0.15) is 20.7 Å². The first-order valence-corrected chi connectivity index (χ1v) is 6.06. The van der Waals surface area contributed by atoms with E-state index in [0.29, 0.717) is 0 Å². The molecule has 5 nitrogen and oxygen atoms in total. The van der Waals surface area contributed by atoms with Crippen LogP contribution in [0.4, 0.5) is 15.8 Å². The molecule has 3 N–H and O–H groups in total. The minimum absolute atomic E-state index is 0.0232. The van der Waals surface area contributed by atoms with E-state index in [0.717, 1.165) is 12.1 Å². The van der Waals surface area contributed by atoms with Crippen molar-refractivity contribution in [3.8, 4) is 0 Å². The summed E-state index contributed by atoms with van der Waals surface area (Å²) in [6, 6.07) is 9.84. The van der Waals surface area contributed by atoms with Gasteiger partial charge in [0.05, 0.1) is 23.9 Å². The van der Waals surface area contributed by atoms with Gasteiger partial charge in [-0.1, -0.05) is 12.1 Å². The molecule has 0 aliphatic heterocycles. The molecule has 0 spiro atoms. The zero-order chi connectivity index (χ0) is 15.4. The second kappa shape index (κ2) is 6.04. The van der Waals surface area contributed by atoms with Crippen molar-refractivity contribution in [2.45, 2.75) is 0 Å². The van der Waals surface area contributed by atoms with Gasteiger partial charge in [0, 0.05) is 5.69 Å². The number of amides is 1. The predicted molar refractivity (Wildman–Crippen MR) is 76.5 cm³/mol. The van der Waals surface area contributed by atoms with E-state index in [4.69, 9.17) is 5.73 Å². The average molecular weight is 288 g/mol. The number of nitrogens with two attached hydrogens (primary N) is 1. The summed E-state index contributed by atoms with van der Waals surface area (Å²) in [4.78, 5) is 23.8. The Labute approximate surface area is 120 Å². The highest BCUT2D eigenvalue weighted by atomic mass is 19.1. The van der Waals surface area contributed by atoms with Gasteiger partial charge < -0.3 is 15.8 Å². The van der Waals surface area contributed by atoms with Crippen LogP contribution in [0.5, 0.6) is 0 Å². The summed E-state index contributed by atoms with van der Waals surface area (Å²) in [7, 11) is 1.20. The van der Waals surface area contributed by atoms with Crippen molar-refractivity contribution in [2.75, 3.05) is 18.2 Å². The minimum Gasteiger partial charge on any atom is -0.465 e. The van der Waals surface area contributed by atoms with Crippen molar-refractivity contribution in [2.24, 2.45) is 0 Å². The van der Waals surface area contributed by atoms with E-state index >= 15 is 0 Å². The maximum absolute atomic E-state index is 13.3. The van der Waals surface area contributed by atoms with E-state index in [-0.39, 0.29) is 22.5 Å². The number of ether oxygens (including phenoxy) is 1. The summed E-state index contributed by atoms with van der Waals surface area (Å²) < 4.78 is 17.9. The fourth-order valence-corrected chi connectivity index (χ4v) is 1.80. The fraction of sp³-hybridized carbons (Fsp3) is 0.0667. The lowest BCUT2D eigenvalue weighted by Crippen LogP contribution is -2.17. The lowest BCUT2D eigenvalue weighted by atomic mass is 10.1. The van der Waals surface area contributed by atoms with Crippen LogP contribution in [0.3, 0.4) is 0 Å². The van der Waals surface area contributed by atoms with E-state index in [2.05, 4.69) is 10.1 Å². The van der Waals surface area contributed by atoms with Gasteiger partial charge in [0.25, 0.3) is 5.91 Å². The number of para-hydroxylation sites is 1. The number of carbonyl (C=O) groups is 2. The van der Waals surface area contributed by atoms with Crippen LogP contribution in [-0.4, -0.2) is 19.0 Å². The standard InChI is InChI=1S/C15H13FN2O3/c1-21-15(20)11-7-6-9(16)8-13(11)18-14(19)10-4-2-3-5-12(10)17/h2-8H,17H2,1H3,(H,18,19). The molecule has 0 saturated heterocycles. The van der Waals surface area contributed by atoms with Gasteiger partial charge in [-0.3, -0.25) is 4.79 Å². The molecule has 0 bridgehead atoms. The largest absolute Gasteiger partial charge is 0.465 e. The molecule has 0 aliphatic carbocycles. The highest BCUT2D eigenvalue weighted by Crippen LogP contribution is 2.20. The molecule has 6 heteroatoms. The predicted octanol–water partition coefficient (Wildman–Crippen LogP) is 2.45. The van der Waals surface area contributed by atoms with Crippen molar-refractivity contribution in [1.82, 2.24) is 0 Å². The fourth-order valence-electron chi connectivity index (χ4n) is 1.80. The van der Waals surface area contributed by atoms with E-state index in [1.807, 2.05) is 0 Å². The maximum atomic E-state index is 13.3. The molecule has 2 aromatic rings. The first-order valence-electron chi connectivity index (χ1n) is 6.06. The molecule has 0 fully saturated rings. The molecule has 0 atom stereocenters. The van der Waals surface area contributed by atoms with E-state index in [1.54, 1.807) is 18.2 Å². The van der Waals surface area contributed by atoms with Crippen LogP contribution >= 0.6 is 0 Å². The molecular formula is C15H13FN2O3. The van der Waals surface area contributed by atoms with Gasteiger partial charge in [-0.2, -0.15) is 0 Å². The maximum Gasteiger partial charge on any atom is 0.339 e. The minimum atomic E-state index is -0.675. The van der Waals surface area contributed by atoms with Crippen LogP contribution < -0.4 is 11.1 Å². The van der Waals surface area contributed by atoms with Gasteiger partial charge in [0.2, 0.25) is 0 Å². The van der Waals surface area contributed by atoms with Crippen LogP contribution in [0.15, 0.2) is 42.5 Å². The Balaban J connectivity index is 2.35. The smallest absolute Gasteiger partial charge is 0.339 e. The number of halogens is 1. The Bertz CT molecular complexity index is 701. The molecule has 2 rings (SSSR count). The summed E-state index contributed by atoms with van der Waals surface area (Å²) in [5.74, 6) is -1.80. The third kappa shape index (κ3) is 3.17. The molecule has 0 unspecified atom stereocenters. The van der Waals surface area contributed by atoms with Crippen molar-refractivity contribution in [1.29, 1.82) is 0 Å². The highest BCUT2D eigenvalue weighted by molar-refractivity contribution is 6.10. The van der Waals surface area contributed by atoms with Gasteiger partial charge in [0.15, 0.2) is 0 Å². The van der Waals surface area contributed by atoms with Gasteiger partial charge in [-0.25, -0.2) is 9.18 Å². The van der Waals surface area contributed by atoms with Gasteiger partial charge >= 0.3 is 5.97 Å². The SMILES string of the molecule is COC(=O)c1ccc(F)cc1NC(=O)c1ccccc1N. The van der Waals surface area contributed by atoms with Gasteiger partial charge in [-0.15, -0.1) is 0 Å². The van der Waals surface area contributed by atoms with Crippen molar-refractivity contribution in [3.05, 3.63) is 59.4 Å². The Morgan fingerprint density at radius 2 is 1.86 bits per heavy atom. The summed E-state index contributed by atoms with van der Waals surface area (Å²) in [6.45, 7) is 0. The molecule has 1 amide bonds. The number of anilines is 2. The number of methoxy groups -OCH3 is 1. The molecule has 108 valence electrons. The average Bonchev–Trinajstić information content (AvgIpc) is 2.47. The Hall–Kier alpha value is -2.89. The zero-order valence-corrected chi connectivity index (χ0v) is 11.2. The quantitative estimate of drug-likeness (QED) is 0.671. The summed E-state index contributed by atoms with van der Waals surface area (Å²) >= 11 is 0. The number of nitrogens with one attached hydrogen (secondary N) is 1. The second-order valence-corrected chi connectivity index (χ2v) is 4.22. The zero-order valence-electron chi connectivity index (χ0n) is 11.2. The summed E-state index contributed by atoms with van der Waals surface area (Å²) in [6.07, 6.45) is 0. The van der Waals surface area contributed by atoms with E-state index < -0.39 is 17.7 Å². The van der Waals surface area contributed by atoms with E-state index in [9.17, 15) is 14.0 Å². The second-order valence-electron chi connectivity index (χ2n) is 4.22. The molecule has 0 heterocycles. The number of rotatable bonds is 3. The Morgan fingerprint density at radius 1 is 1.14 bits per heavy atom. The molecule has 2 aromatic carbocycles. The number of hydrogen-bond donors (Lipinski definition) is 2. The van der Waals surface area contributed by atoms with E-state index in [1.165, 1.54) is 19.2 Å². The molecular weight excluding hydrogens is 275 g/mol. The Kier molecular flexibility index (Phi) is 4.18. The number of benzene rings is 2. The lowest BCUT2D eigenvalue weighted by Gasteiger charge is -2.11. The topological polar surface area (TPSA) is 81.4 Å². The first-order chi connectivity index (χ1) is 10.0. The summed E-state index contributed by atoms with van der Waals surface area (Å²) in [5.41, 5.74) is 6.30. The molecule has 0 radical (unpaired) electrons. The third-order valence-electron chi connectivity index (χ3n) is 2.84.